The van der Waals surface area contributed by atoms with Gasteiger partial charge in [0, 0.05) is 12.2 Å². The second kappa shape index (κ2) is 5.33. The molecule has 0 bridgehead atoms. The molecule has 0 spiro atoms. The van der Waals surface area contributed by atoms with Gasteiger partial charge in [0.05, 0.1) is 24.2 Å². The summed E-state index contributed by atoms with van der Waals surface area (Å²) in [5.74, 6) is 0. The van der Waals surface area contributed by atoms with Crippen molar-refractivity contribution in [2.75, 3.05) is 13.2 Å². The molecular formula is C12H21NO2. The van der Waals surface area contributed by atoms with Crippen LogP contribution in [0.4, 0.5) is 0 Å². The summed E-state index contributed by atoms with van der Waals surface area (Å²) in [7, 11) is 0. The van der Waals surface area contributed by atoms with E-state index in [1.807, 2.05) is 13.0 Å². The van der Waals surface area contributed by atoms with Crippen molar-refractivity contribution in [3.8, 4) is 0 Å². The van der Waals surface area contributed by atoms with E-state index in [0.29, 0.717) is 6.61 Å². The highest BCUT2D eigenvalue weighted by atomic mass is 16.5. The molecule has 1 heterocycles. The zero-order valence-electron chi connectivity index (χ0n) is 10.0. The highest BCUT2D eigenvalue weighted by Gasteiger charge is 2.31. The van der Waals surface area contributed by atoms with Crippen LogP contribution in [0.15, 0.2) is 23.0 Å². The van der Waals surface area contributed by atoms with Crippen molar-refractivity contribution >= 4 is 0 Å². The molecule has 15 heavy (non-hydrogen) atoms. The average molecular weight is 211 g/mol. The smallest absolute Gasteiger partial charge is 0.0951 e. The molecule has 0 saturated heterocycles. The van der Waals surface area contributed by atoms with Gasteiger partial charge in [-0.05, 0) is 33.4 Å². The zero-order valence-corrected chi connectivity index (χ0v) is 10.0. The minimum atomic E-state index is -0.228. The number of nitrogens with one attached hydrogen (secondary N) is 1. The van der Waals surface area contributed by atoms with Gasteiger partial charge in [0.15, 0.2) is 0 Å². The number of hydrogen-bond acceptors (Lipinski definition) is 3. The number of hydrogen-bond donors (Lipinski definition) is 1. The Balaban J connectivity index is 2.82. The van der Waals surface area contributed by atoms with Gasteiger partial charge >= 0.3 is 0 Å². The zero-order chi connectivity index (χ0) is 11.3. The lowest BCUT2D eigenvalue weighted by Gasteiger charge is -2.34. The molecule has 0 aliphatic rings. The van der Waals surface area contributed by atoms with E-state index in [0.717, 1.165) is 12.1 Å². The van der Waals surface area contributed by atoms with Gasteiger partial charge in [0.25, 0.3) is 0 Å². The molecule has 0 aliphatic carbocycles. The second-order valence-electron chi connectivity index (χ2n) is 4.08. The topological polar surface area (TPSA) is 34.4 Å². The Morgan fingerprint density at radius 3 is 2.67 bits per heavy atom. The van der Waals surface area contributed by atoms with Crippen molar-refractivity contribution in [3.63, 3.8) is 0 Å². The monoisotopic (exact) mass is 211 g/mol. The molecular weight excluding hydrogens is 190 g/mol. The van der Waals surface area contributed by atoms with Crippen LogP contribution >= 0.6 is 0 Å². The van der Waals surface area contributed by atoms with Gasteiger partial charge in [0.1, 0.15) is 0 Å². The third-order valence-corrected chi connectivity index (χ3v) is 2.50. The van der Waals surface area contributed by atoms with Gasteiger partial charge in [-0.1, -0.05) is 6.92 Å². The number of furan rings is 1. The summed E-state index contributed by atoms with van der Waals surface area (Å²) in [5, 5.41) is 3.43. The Labute approximate surface area is 91.8 Å². The fourth-order valence-electron chi connectivity index (χ4n) is 1.86. The molecule has 3 nitrogen and oxygen atoms in total. The van der Waals surface area contributed by atoms with Gasteiger partial charge in [-0.15, -0.1) is 0 Å². The first-order chi connectivity index (χ1) is 7.11. The summed E-state index contributed by atoms with van der Waals surface area (Å²) >= 11 is 0. The van der Waals surface area contributed by atoms with Gasteiger partial charge in [-0.3, -0.25) is 0 Å². The van der Waals surface area contributed by atoms with Crippen LogP contribution in [0.25, 0.3) is 0 Å². The second-order valence-corrected chi connectivity index (χ2v) is 4.08. The van der Waals surface area contributed by atoms with Crippen LogP contribution in [0.5, 0.6) is 0 Å². The van der Waals surface area contributed by atoms with E-state index in [2.05, 4.69) is 26.1 Å². The highest BCUT2D eigenvalue weighted by molar-refractivity contribution is 5.15. The first-order valence-electron chi connectivity index (χ1n) is 5.51. The normalized spacial score (nSPS) is 14.1. The van der Waals surface area contributed by atoms with E-state index in [1.165, 1.54) is 0 Å². The SMILES string of the molecule is CCNC(c1ccoc1)C(C)(C)OCC. The van der Waals surface area contributed by atoms with E-state index in [4.69, 9.17) is 9.15 Å². The number of ether oxygens (including phenoxy) is 1. The summed E-state index contributed by atoms with van der Waals surface area (Å²) in [4.78, 5) is 0. The number of rotatable bonds is 6. The van der Waals surface area contributed by atoms with Crippen molar-refractivity contribution in [1.82, 2.24) is 5.32 Å². The first-order valence-corrected chi connectivity index (χ1v) is 5.51. The van der Waals surface area contributed by atoms with E-state index in [-0.39, 0.29) is 11.6 Å². The first kappa shape index (κ1) is 12.3. The average Bonchev–Trinajstić information content (AvgIpc) is 2.66. The van der Waals surface area contributed by atoms with Gasteiger partial charge in [-0.2, -0.15) is 0 Å². The molecule has 1 unspecified atom stereocenters. The van der Waals surface area contributed by atoms with Crippen LogP contribution in [-0.4, -0.2) is 18.8 Å². The van der Waals surface area contributed by atoms with Crippen LogP contribution < -0.4 is 5.32 Å². The Bertz CT molecular complexity index is 267. The molecule has 0 aromatic carbocycles. The summed E-state index contributed by atoms with van der Waals surface area (Å²) in [6, 6.07) is 2.15. The lowest BCUT2D eigenvalue weighted by atomic mass is 9.93. The molecule has 0 saturated carbocycles. The lowest BCUT2D eigenvalue weighted by molar-refractivity contribution is -0.0389. The van der Waals surface area contributed by atoms with Crippen molar-refractivity contribution < 1.29 is 9.15 Å². The van der Waals surface area contributed by atoms with Crippen molar-refractivity contribution in [2.45, 2.75) is 39.3 Å². The molecule has 0 aliphatic heterocycles. The molecule has 0 fully saturated rings. The third kappa shape index (κ3) is 3.08. The largest absolute Gasteiger partial charge is 0.472 e. The maximum atomic E-state index is 5.76. The van der Waals surface area contributed by atoms with Crippen LogP contribution in [0.3, 0.4) is 0 Å². The van der Waals surface area contributed by atoms with Gasteiger partial charge in [0.2, 0.25) is 0 Å². The maximum absolute atomic E-state index is 5.76. The molecule has 3 heteroatoms. The molecule has 1 aromatic heterocycles. The van der Waals surface area contributed by atoms with E-state index >= 15 is 0 Å². The van der Waals surface area contributed by atoms with Crippen LogP contribution in [0.1, 0.15) is 39.3 Å². The fourth-order valence-corrected chi connectivity index (χ4v) is 1.86. The summed E-state index contributed by atoms with van der Waals surface area (Å²) in [5.41, 5.74) is 0.907. The molecule has 1 rings (SSSR count). The Morgan fingerprint density at radius 1 is 1.47 bits per heavy atom. The van der Waals surface area contributed by atoms with Gasteiger partial charge < -0.3 is 14.5 Å². The lowest BCUT2D eigenvalue weighted by Crippen LogP contribution is -2.41. The van der Waals surface area contributed by atoms with Crippen molar-refractivity contribution in [1.29, 1.82) is 0 Å². The quantitative estimate of drug-likeness (QED) is 0.785. The molecule has 1 aromatic rings. The van der Waals surface area contributed by atoms with E-state index in [9.17, 15) is 0 Å². The minimum absolute atomic E-state index is 0.168. The summed E-state index contributed by atoms with van der Waals surface area (Å²) in [6.45, 7) is 9.92. The Morgan fingerprint density at radius 2 is 2.20 bits per heavy atom. The van der Waals surface area contributed by atoms with Crippen molar-refractivity contribution in [2.24, 2.45) is 0 Å². The number of likely N-dealkylation sites (N-methyl/N-ethyl adjacent to an activating group) is 1. The molecule has 86 valence electrons. The molecule has 1 atom stereocenters. The fraction of sp³-hybridized carbons (Fsp3) is 0.667. The minimum Gasteiger partial charge on any atom is -0.472 e. The molecule has 1 N–H and O–H groups in total. The Kier molecular flexibility index (Phi) is 4.36. The highest BCUT2D eigenvalue weighted by Crippen LogP contribution is 2.29. The van der Waals surface area contributed by atoms with Gasteiger partial charge in [-0.25, -0.2) is 0 Å². The van der Waals surface area contributed by atoms with Crippen LogP contribution in [-0.2, 0) is 4.74 Å². The summed E-state index contributed by atoms with van der Waals surface area (Å²) < 4.78 is 10.9. The maximum Gasteiger partial charge on any atom is 0.0951 e. The summed E-state index contributed by atoms with van der Waals surface area (Å²) in [6.07, 6.45) is 3.47. The van der Waals surface area contributed by atoms with Crippen molar-refractivity contribution in [3.05, 3.63) is 24.2 Å². The third-order valence-electron chi connectivity index (χ3n) is 2.50. The Hall–Kier alpha value is -0.800. The predicted octanol–water partition coefficient (Wildman–Crippen LogP) is 2.75. The standard InChI is InChI=1S/C12H21NO2/c1-5-13-11(10-7-8-14-9-10)12(3,4)15-6-2/h7-9,11,13H,5-6H2,1-4H3. The molecule has 0 amide bonds. The molecule has 0 radical (unpaired) electrons. The van der Waals surface area contributed by atoms with Crippen LogP contribution in [0.2, 0.25) is 0 Å². The van der Waals surface area contributed by atoms with E-state index in [1.54, 1.807) is 12.5 Å². The van der Waals surface area contributed by atoms with E-state index < -0.39 is 0 Å². The predicted molar refractivity (Wildman–Crippen MR) is 60.8 cm³/mol. The van der Waals surface area contributed by atoms with Crippen LogP contribution in [0, 0.1) is 0 Å².